The lowest BCUT2D eigenvalue weighted by Gasteiger charge is -2.31. The van der Waals surface area contributed by atoms with Crippen LogP contribution in [0.1, 0.15) is 25.7 Å². The number of halogens is 3. The predicted octanol–water partition coefficient (Wildman–Crippen LogP) is 1.26. The largest absolute Gasteiger partial charge is 0.481 e. The van der Waals surface area contributed by atoms with E-state index in [1.54, 1.807) is 0 Å². The molecule has 1 saturated carbocycles. The van der Waals surface area contributed by atoms with Crippen LogP contribution in [-0.2, 0) is 9.59 Å². The number of carboxylic acid groups (broad SMARTS) is 1. The predicted molar refractivity (Wildman–Crippen MR) is 62.8 cm³/mol. The summed E-state index contributed by atoms with van der Waals surface area (Å²) in [5, 5.41) is 17.6. The number of hydrogen-bond donors (Lipinski definition) is 2. The average Bonchev–Trinajstić information content (AvgIpc) is 2.36. The van der Waals surface area contributed by atoms with Crippen LogP contribution in [0.3, 0.4) is 0 Å². The number of aliphatic hydroxyl groups is 1. The number of alkyl halides is 3. The maximum absolute atomic E-state index is 12.4. The number of hydrogen-bond acceptors (Lipinski definition) is 3. The fraction of sp³-hybridized carbons (Fsp3) is 0.833. The Morgan fingerprint density at radius 3 is 2.00 bits per heavy atom. The van der Waals surface area contributed by atoms with E-state index in [1.165, 1.54) is 0 Å². The highest BCUT2D eigenvalue weighted by Crippen LogP contribution is 2.31. The van der Waals surface area contributed by atoms with Gasteiger partial charge in [0.2, 0.25) is 5.91 Å². The molecule has 0 bridgehead atoms. The fourth-order valence-electron chi connectivity index (χ4n) is 2.45. The first-order chi connectivity index (χ1) is 9.24. The van der Waals surface area contributed by atoms with Gasteiger partial charge in [-0.3, -0.25) is 9.59 Å². The molecule has 1 rings (SSSR count). The number of carboxylic acids is 1. The number of aliphatic hydroxyl groups excluding tert-OH is 1. The van der Waals surface area contributed by atoms with Crippen LogP contribution >= 0.6 is 0 Å². The van der Waals surface area contributed by atoms with Crippen molar-refractivity contribution in [2.45, 2.75) is 31.9 Å². The highest BCUT2D eigenvalue weighted by atomic mass is 19.4. The molecular weight excluding hydrogens is 279 g/mol. The van der Waals surface area contributed by atoms with E-state index in [1.807, 2.05) is 0 Å². The molecule has 8 heteroatoms. The molecule has 0 aromatic rings. The Kier molecular flexibility index (Phi) is 5.79. The molecule has 2 N–H and O–H groups in total. The zero-order valence-electron chi connectivity index (χ0n) is 10.9. The minimum atomic E-state index is -4.51. The average molecular weight is 297 g/mol. The Bertz CT molecular complexity index is 351. The molecule has 1 amide bonds. The molecule has 0 aliphatic heterocycles. The molecule has 0 radical (unpaired) electrons. The number of amides is 1. The third kappa shape index (κ3) is 4.99. The Hall–Kier alpha value is -1.31. The van der Waals surface area contributed by atoms with E-state index in [2.05, 4.69) is 0 Å². The van der Waals surface area contributed by atoms with E-state index in [0.717, 1.165) is 0 Å². The Morgan fingerprint density at radius 2 is 1.60 bits per heavy atom. The molecule has 0 aromatic heterocycles. The summed E-state index contributed by atoms with van der Waals surface area (Å²) in [6.45, 7) is -2.28. The molecule has 0 spiro atoms. The summed E-state index contributed by atoms with van der Waals surface area (Å²) >= 11 is 0. The first-order valence-corrected chi connectivity index (χ1v) is 6.43. The van der Waals surface area contributed by atoms with Gasteiger partial charge >= 0.3 is 12.1 Å². The fourth-order valence-corrected chi connectivity index (χ4v) is 2.45. The SMILES string of the molecule is O=C(O)C1CCC(C(=O)N(CCO)CC(F)(F)F)CC1. The van der Waals surface area contributed by atoms with Crippen LogP contribution in [0.2, 0.25) is 0 Å². The first kappa shape index (κ1) is 16.7. The van der Waals surface area contributed by atoms with Gasteiger partial charge in [-0.05, 0) is 25.7 Å². The zero-order valence-corrected chi connectivity index (χ0v) is 10.9. The lowest BCUT2D eigenvalue weighted by molar-refractivity contribution is -0.165. The standard InChI is InChI=1S/C12H18F3NO4/c13-12(14,15)7-16(5-6-17)10(18)8-1-3-9(4-2-8)11(19)20/h8-9,17H,1-7H2,(H,19,20). The van der Waals surface area contributed by atoms with Gasteiger partial charge in [0.15, 0.2) is 0 Å². The summed E-state index contributed by atoms with van der Waals surface area (Å²) in [6, 6.07) is 0. The quantitative estimate of drug-likeness (QED) is 0.801. The van der Waals surface area contributed by atoms with Gasteiger partial charge in [0.05, 0.1) is 12.5 Å². The van der Waals surface area contributed by atoms with Crippen LogP contribution in [0.4, 0.5) is 13.2 Å². The van der Waals surface area contributed by atoms with E-state index in [0.29, 0.717) is 17.7 Å². The number of nitrogens with zero attached hydrogens (tertiary/aromatic N) is 1. The van der Waals surface area contributed by atoms with Crippen LogP contribution in [0.15, 0.2) is 0 Å². The molecule has 1 aliphatic carbocycles. The highest BCUT2D eigenvalue weighted by molar-refractivity contribution is 5.79. The molecule has 5 nitrogen and oxygen atoms in total. The van der Waals surface area contributed by atoms with Crippen LogP contribution in [0.5, 0.6) is 0 Å². The summed E-state index contributed by atoms with van der Waals surface area (Å²) in [5.41, 5.74) is 0. The summed E-state index contributed by atoms with van der Waals surface area (Å²) in [4.78, 5) is 23.4. The zero-order chi connectivity index (χ0) is 15.3. The second-order valence-electron chi connectivity index (χ2n) is 4.99. The number of aliphatic carboxylic acids is 1. The van der Waals surface area contributed by atoms with Gasteiger partial charge in [-0.25, -0.2) is 0 Å². The molecule has 0 heterocycles. The number of rotatable bonds is 5. The second kappa shape index (κ2) is 6.92. The lowest BCUT2D eigenvalue weighted by atomic mass is 9.81. The Balaban J connectivity index is 2.60. The summed E-state index contributed by atoms with van der Waals surface area (Å²) in [6.07, 6.45) is -3.37. The molecule has 1 aliphatic rings. The third-order valence-corrected chi connectivity index (χ3v) is 3.48. The maximum Gasteiger partial charge on any atom is 0.406 e. The Labute approximate surface area is 114 Å². The van der Waals surface area contributed by atoms with Crippen molar-refractivity contribution in [3.63, 3.8) is 0 Å². The molecule has 0 unspecified atom stereocenters. The van der Waals surface area contributed by atoms with Crippen LogP contribution < -0.4 is 0 Å². The smallest absolute Gasteiger partial charge is 0.406 e. The van der Waals surface area contributed by atoms with Crippen LogP contribution in [0, 0.1) is 11.8 Å². The molecule has 0 aromatic carbocycles. The van der Waals surface area contributed by atoms with Crippen molar-refractivity contribution >= 4 is 11.9 Å². The summed E-state index contributed by atoms with van der Waals surface area (Å²) in [7, 11) is 0. The topological polar surface area (TPSA) is 77.8 Å². The molecule has 116 valence electrons. The molecule has 0 saturated heterocycles. The minimum Gasteiger partial charge on any atom is -0.481 e. The molecule has 20 heavy (non-hydrogen) atoms. The van der Waals surface area contributed by atoms with E-state index >= 15 is 0 Å². The molecule has 1 fully saturated rings. The van der Waals surface area contributed by atoms with Crippen molar-refractivity contribution in [2.75, 3.05) is 19.7 Å². The van der Waals surface area contributed by atoms with Crippen molar-refractivity contribution in [3.8, 4) is 0 Å². The normalized spacial score (nSPS) is 23.4. The minimum absolute atomic E-state index is 0.273. The van der Waals surface area contributed by atoms with Gasteiger partial charge < -0.3 is 15.1 Å². The van der Waals surface area contributed by atoms with Gasteiger partial charge in [0.1, 0.15) is 6.54 Å². The van der Waals surface area contributed by atoms with Crippen LogP contribution in [0.25, 0.3) is 0 Å². The summed E-state index contributed by atoms with van der Waals surface area (Å²) in [5.74, 6) is -2.69. The van der Waals surface area contributed by atoms with Gasteiger partial charge in [-0.1, -0.05) is 0 Å². The lowest BCUT2D eigenvalue weighted by Crippen LogP contribution is -2.44. The maximum atomic E-state index is 12.4. The molecule has 0 atom stereocenters. The van der Waals surface area contributed by atoms with Gasteiger partial charge in [-0.15, -0.1) is 0 Å². The van der Waals surface area contributed by atoms with Crippen molar-refractivity contribution in [2.24, 2.45) is 11.8 Å². The van der Waals surface area contributed by atoms with E-state index in [9.17, 15) is 22.8 Å². The van der Waals surface area contributed by atoms with E-state index < -0.39 is 43.0 Å². The monoisotopic (exact) mass is 297 g/mol. The molecular formula is C12H18F3NO4. The van der Waals surface area contributed by atoms with Crippen LogP contribution in [-0.4, -0.2) is 52.9 Å². The third-order valence-electron chi connectivity index (χ3n) is 3.48. The van der Waals surface area contributed by atoms with Crippen molar-refractivity contribution < 1.29 is 33.0 Å². The highest BCUT2D eigenvalue weighted by Gasteiger charge is 2.37. The van der Waals surface area contributed by atoms with E-state index in [4.69, 9.17) is 10.2 Å². The second-order valence-corrected chi connectivity index (χ2v) is 4.99. The van der Waals surface area contributed by atoms with Crippen molar-refractivity contribution in [1.82, 2.24) is 4.90 Å². The van der Waals surface area contributed by atoms with Gasteiger partial charge in [-0.2, -0.15) is 13.2 Å². The summed E-state index contributed by atoms with van der Waals surface area (Å²) < 4.78 is 37.1. The first-order valence-electron chi connectivity index (χ1n) is 6.43. The Morgan fingerprint density at radius 1 is 1.10 bits per heavy atom. The van der Waals surface area contributed by atoms with Crippen molar-refractivity contribution in [3.05, 3.63) is 0 Å². The van der Waals surface area contributed by atoms with Crippen molar-refractivity contribution in [1.29, 1.82) is 0 Å². The number of carbonyl (C=O) groups is 2. The number of carbonyl (C=O) groups excluding carboxylic acids is 1. The van der Waals surface area contributed by atoms with Gasteiger partial charge in [0, 0.05) is 12.5 Å². The van der Waals surface area contributed by atoms with Gasteiger partial charge in [0.25, 0.3) is 0 Å². The van der Waals surface area contributed by atoms with E-state index in [-0.39, 0.29) is 19.4 Å².